The van der Waals surface area contributed by atoms with Crippen molar-refractivity contribution >= 4 is 24.3 Å². The van der Waals surface area contributed by atoms with Gasteiger partial charge in [0.2, 0.25) is 0 Å². The summed E-state index contributed by atoms with van der Waals surface area (Å²) in [5, 5.41) is 17.7. The molecule has 1 aromatic carbocycles. The molecule has 6 heteroatoms. The Balaban J connectivity index is 3.27. The van der Waals surface area contributed by atoms with Gasteiger partial charge in [-0.05, 0) is 12.3 Å². The van der Waals surface area contributed by atoms with Gasteiger partial charge in [-0.2, -0.15) is 0 Å². The standard InChI is InChI=1S/C8H10BFO3S/c1-13-6-4-3-5(9(11)12)7(10)8(6)14-2/h3-4,11-12H,1-2H3. The van der Waals surface area contributed by atoms with Crippen LogP contribution < -0.4 is 10.2 Å². The van der Waals surface area contributed by atoms with Crippen LogP contribution in [0.4, 0.5) is 4.39 Å². The van der Waals surface area contributed by atoms with Crippen molar-refractivity contribution in [1.82, 2.24) is 0 Å². The van der Waals surface area contributed by atoms with Crippen LogP contribution in [0.1, 0.15) is 0 Å². The minimum Gasteiger partial charge on any atom is -0.495 e. The Morgan fingerprint density at radius 1 is 1.43 bits per heavy atom. The number of methoxy groups -OCH3 is 1. The van der Waals surface area contributed by atoms with Crippen molar-refractivity contribution in [3.8, 4) is 5.75 Å². The van der Waals surface area contributed by atoms with Crippen molar-refractivity contribution in [3.63, 3.8) is 0 Å². The fraction of sp³-hybridized carbons (Fsp3) is 0.250. The topological polar surface area (TPSA) is 49.7 Å². The molecule has 0 radical (unpaired) electrons. The Kier molecular flexibility index (Phi) is 3.80. The molecule has 1 aromatic rings. The predicted octanol–water partition coefficient (Wildman–Crippen LogP) is 0.236. The van der Waals surface area contributed by atoms with Crippen LogP contribution in [-0.2, 0) is 0 Å². The first-order chi connectivity index (χ1) is 6.61. The van der Waals surface area contributed by atoms with E-state index in [1.807, 2.05) is 0 Å². The van der Waals surface area contributed by atoms with E-state index in [0.717, 1.165) is 11.8 Å². The minimum atomic E-state index is -1.80. The molecular weight excluding hydrogens is 206 g/mol. The summed E-state index contributed by atoms with van der Waals surface area (Å²) in [6.45, 7) is 0. The summed E-state index contributed by atoms with van der Waals surface area (Å²) in [7, 11) is -0.365. The van der Waals surface area contributed by atoms with Gasteiger partial charge in [0.15, 0.2) is 0 Å². The molecular formula is C8H10BFO3S. The Hall–Kier alpha value is -0.715. The molecule has 1 rings (SSSR count). The highest BCUT2D eigenvalue weighted by atomic mass is 32.2. The lowest BCUT2D eigenvalue weighted by molar-refractivity contribution is 0.396. The maximum Gasteiger partial charge on any atom is 0.491 e. The van der Waals surface area contributed by atoms with E-state index in [2.05, 4.69) is 0 Å². The second-order valence-electron chi connectivity index (χ2n) is 2.58. The van der Waals surface area contributed by atoms with Crippen LogP contribution in [0.2, 0.25) is 0 Å². The molecule has 0 aliphatic rings. The van der Waals surface area contributed by atoms with Crippen molar-refractivity contribution in [2.24, 2.45) is 0 Å². The molecule has 0 unspecified atom stereocenters. The normalized spacial score (nSPS) is 10.1. The number of thioether (sulfide) groups is 1. The van der Waals surface area contributed by atoms with Crippen molar-refractivity contribution in [2.75, 3.05) is 13.4 Å². The molecule has 2 N–H and O–H groups in total. The van der Waals surface area contributed by atoms with E-state index < -0.39 is 12.9 Å². The largest absolute Gasteiger partial charge is 0.495 e. The summed E-state index contributed by atoms with van der Waals surface area (Å²) in [5.74, 6) is -0.258. The maximum atomic E-state index is 13.6. The lowest BCUT2D eigenvalue weighted by Crippen LogP contribution is -2.33. The second kappa shape index (κ2) is 4.68. The van der Waals surface area contributed by atoms with Gasteiger partial charge in [0.25, 0.3) is 0 Å². The summed E-state index contributed by atoms with van der Waals surface area (Å²) in [4.78, 5) is 0.276. The smallest absolute Gasteiger partial charge is 0.491 e. The van der Waals surface area contributed by atoms with E-state index in [4.69, 9.17) is 14.8 Å². The molecule has 14 heavy (non-hydrogen) atoms. The Bertz CT molecular complexity index is 333. The molecule has 0 aliphatic carbocycles. The Morgan fingerprint density at radius 3 is 2.50 bits per heavy atom. The molecule has 0 heterocycles. The van der Waals surface area contributed by atoms with Crippen molar-refractivity contribution in [2.45, 2.75) is 4.90 Å². The van der Waals surface area contributed by atoms with Crippen LogP contribution in [0.25, 0.3) is 0 Å². The summed E-state index contributed by atoms with van der Waals surface area (Å²) in [5.41, 5.74) is -0.143. The highest BCUT2D eigenvalue weighted by Crippen LogP contribution is 2.28. The second-order valence-corrected chi connectivity index (χ2v) is 3.39. The highest BCUT2D eigenvalue weighted by Gasteiger charge is 2.21. The molecule has 0 aliphatic heterocycles. The van der Waals surface area contributed by atoms with Crippen LogP contribution in [0.15, 0.2) is 17.0 Å². The number of hydrogen-bond donors (Lipinski definition) is 2. The number of rotatable bonds is 3. The lowest BCUT2D eigenvalue weighted by Gasteiger charge is -2.10. The number of hydrogen-bond acceptors (Lipinski definition) is 4. The summed E-state index contributed by atoms with van der Waals surface area (Å²) in [6.07, 6.45) is 1.69. The van der Waals surface area contributed by atoms with Gasteiger partial charge in [-0.1, -0.05) is 6.07 Å². The Labute approximate surface area is 86.0 Å². The average Bonchev–Trinajstić information content (AvgIpc) is 2.16. The molecule has 0 aromatic heterocycles. The third-order valence-corrected chi connectivity index (χ3v) is 2.58. The molecule has 0 spiro atoms. The van der Waals surface area contributed by atoms with Crippen LogP contribution in [0.3, 0.4) is 0 Å². The number of benzene rings is 1. The van der Waals surface area contributed by atoms with Crippen LogP contribution in [0.5, 0.6) is 5.75 Å². The zero-order valence-electron chi connectivity index (χ0n) is 7.82. The molecule has 0 saturated carbocycles. The summed E-state index contributed by atoms with van der Waals surface area (Å²) in [6, 6.07) is 2.79. The fourth-order valence-corrected chi connectivity index (χ4v) is 1.75. The zero-order chi connectivity index (χ0) is 10.7. The van der Waals surface area contributed by atoms with Crippen molar-refractivity contribution < 1.29 is 19.2 Å². The van der Waals surface area contributed by atoms with Crippen LogP contribution in [-0.4, -0.2) is 30.5 Å². The zero-order valence-corrected chi connectivity index (χ0v) is 8.64. The minimum absolute atomic E-state index is 0.143. The van der Waals surface area contributed by atoms with E-state index in [0.29, 0.717) is 5.75 Å². The molecule has 0 amide bonds. The van der Waals surface area contributed by atoms with Gasteiger partial charge >= 0.3 is 7.12 Å². The monoisotopic (exact) mass is 216 g/mol. The van der Waals surface area contributed by atoms with E-state index in [9.17, 15) is 4.39 Å². The highest BCUT2D eigenvalue weighted by molar-refractivity contribution is 7.98. The first-order valence-corrected chi connectivity index (χ1v) is 5.10. The van der Waals surface area contributed by atoms with E-state index in [1.165, 1.54) is 19.2 Å². The van der Waals surface area contributed by atoms with Gasteiger partial charge in [-0.15, -0.1) is 11.8 Å². The summed E-state index contributed by atoms with van der Waals surface area (Å²) < 4.78 is 18.5. The molecule has 0 bridgehead atoms. The third kappa shape index (κ3) is 2.02. The van der Waals surface area contributed by atoms with Crippen molar-refractivity contribution in [3.05, 3.63) is 17.9 Å². The van der Waals surface area contributed by atoms with E-state index >= 15 is 0 Å². The molecule has 0 fully saturated rings. The summed E-state index contributed by atoms with van der Waals surface area (Å²) >= 11 is 1.16. The van der Waals surface area contributed by atoms with E-state index in [1.54, 1.807) is 6.26 Å². The number of ether oxygens (including phenoxy) is 1. The number of halogens is 1. The van der Waals surface area contributed by atoms with Gasteiger partial charge in [-0.3, -0.25) is 0 Å². The first kappa shape index (κ1) is 11.4. The van der Waals surface area contributed by atoms with Crippen LogP contribution in [0, 0.1) is 5.82 Å². The quantitative estimate of drug-likeness (QED) is 0.561. The molecule has 0 atom stereocenters. The lowest BCUT2D eigenvalue weighted by atomic mass is 9.80. The van der Waals surface area contributed by atoms with Crippen molar-refractivity contribution in [1.29, 1.82) is 0 Å². The third-order valence-electron chi connectivity index (χ3n) is 1.79. The predicted molar refractivity (Wildman–Crippen MR) is 54.6 cm³/mol. The van der Waals surface area contributed by atoms with Gasteiger partial charge in [0.1, 0.15) is 11.6 Å². The van der Waals surface area contributed by atoms with E-state index in [-0.39, 0.29) is 10.4 Å². The molecule has 0 saturated heterocycles. The molecule has 76 valence electrons. The maximum absolute atomic E-state index is 13.6. The SMILES string of the molecule is COc1ccc(B(O)O)c(F)c1SC. The van der Waals surface area contributed by atoms with Gasteiger partial charge in [0.05, 0.1) is 12.0 Å². The average molecular weight is 216 g/mol. The Morgan fingerprint density at radius 2 is 2.07 bits per heavy atom. The fourth-order valence-electron chi connectivity index (χ4n) is 1.10. The van der Waals surface area contributed by atoms with Gasteiger partial charge in [-0.25, -0.2) is 4.39 Å². The van der Waals surface area contributed by atoms with Gasteiger partial charge < -0.3 is 14.8 Å². The van der Waals surface area contributed by atoms with Crippen LogP contribution >= 0.6 is 11.8 Å². The van der Waals surface area contributed by atoms with Gasteiger partial charge in [0, 0.05) is 5.46 Å². The molecule has 3 nitrogen and oxygen atoms in total. The first-order valence-electron chi connectivity index (χ1n) is 3.88.